The number of fused-ring (bicyclic) bond motifs is 1. The van der Waals surface area contributed by atoms with Crippen molar-refractivity contribution in [3.63, 3.8) is 0 Å². The van der Waals surface area contributed by atoms with Gasteiger partial charge in [-0.2, -0.15) is 0 Å². The van der Waals surface area contributed by atoms with Gasteiger partial charge in [0.15, 0.2) is 0 Å². The summed E-state index contributed by atoms with van der Waals surface area (Å²) in [6.07, 6.45) is 3.49. The number of hydrogen-bond acceptors (Lipinski definition) is 2. The fraction of sp³-hybridized carbons (Fsp3) is 0.0625. The van der Waals surface area contributed by atoms with Crippen molar-refractivity contribution in [2.75, 3.05) is 5.32 Å². The van der Waals surface area contributed by atoms with E-state index in [2.05, 4.69) is 26.2 Å². The summed E-state index contributed by atoms with van der Waals surface area (Å²) in [6, 6.07) is 10.2. The first-order valence-corrected chi connectivity index (χ1v) is 7.14. The molecule has 0 aliphatic heterocycles. The number of nitrogens with zero attached hydrogens (tertiary/aromatic N) is 1. The maximum atomic E-state index is 13.7. The van der Waals surface area contributed by atoms with Gasteiger partial charge in [-0.25, -0.2) is 8.78 Å². The highest BCUT2D eigenvalue weighted by Crippen LogP contribution is 2.24. The van der Waals surface area contributed by atoms with Crippen molar-refractivity contribution >= 4 is 32.4 Å². The van der Waals surface area contributed by atoms with Gasteiger partial charge < -0.3 is 5.32 Å². The van der Waals surface area contributed by atoms with Crippen LogP contribution in [0.3, 0.4) is 0 Å². The zero-order valence-corrected chi connectivity index (χ0v) is 12.5. The molecule has 1 heterocycles. The zero-order chi connectivity index (χ0) is 14.8. The number of nitrogens with one attached hydrogen (secondary N) is 1. The van der Waals surface area contributed by atoms with Crippen molar-refractivity contribution in [2.24, 2.45) is 0 Å². The summed E-state index contributed by atoms with van der Waals surface area (Å²) in [5, 5.41) is 4.88. The van der Waals surface area contributed by atoms with Crippen LogP contribution in [0, 0.1) is 11.6 Å². The Morgan fingerprint density at radius 2 is 1.76 bits per heavy atom. The van der Waals surface area contributed by atoms with E-state index in [4.69, 9.17) is 0 Å². The summed E-state index contributed by atoms with van der Waals surface area (Å²) in [5.41, 5.74) is 0.823. The molecule has 0 radical (unpaired) electrons. The van der Waals surface area contributed by atoms with Gasteiger partial charge in [0.25, 0.3) is 0 Å². The Balaban J connectivity index is 1.83. The number of aromatic nitrogens is 1. The van der Waals surface area contributed by atoms with Crippen molar-refractivity contribution in [3.05, 3.63) is 70.5 Å². The van der Waals surface area contributed by atoms with E-state index in [-0.39, 0.29) is 5.69 Å². The highest BCUT2D eigenvalue weighted by Gasteiger charge is 2.10. The molecule has 0 aliphatic rings. The SMILES string of the molecule is Fc1cc(Br)cc(F)c1NCc1ccc2cnccc2c1. The van der Waals surface area contributed by atoms with Gasteiger partial charge in [0.2, 0.25) is 0 Å². The summed E-state index contributed by atoms with van der Waals surface area (Å²) in [7, 11) is 0. The molecule has 2 nitrogen and oxygen atoms in total. The van der Waals surface area contributed by atoms with Gasteiger partial charge in [-0.3, -0.25) is 4.98 Å². The Morgan fingerprint density at radius 3 is 2.52 bits per heavy atom. The highest BCUT2D eigenvalue weighted by molar-refractivity contribution is 9.10. The van der Waals surface area contributed by atoms with Crippen LogP contribution in [0.25, 0.3) is 10.8 Å². The minimum atomic E-state index is -0.619. The van der Waals surface area contributed by atoms with E-state index in [0.29, 0.717) is 11.0 Å². The molecule has 0 unspecified atom stereocenters. The van der Waals surface area contributed by atoms with E-state index in [1.165, 1.54) is 12.1 Å². The molecule has 1 N–H and O–H groups in total. The van der Waals surface area contributed by atoms with E-state index in [1.807, 2.05) is 24.3 Å². The number of hydrogen-bond donors (Lipinski definition) is 1. The first-order chi connectivity index (χ1) is 10.1. The fourth-order valence-electron chi connectivity index (χ4n) is 2.14. The third-order valence-electron chi connectivity index (χ3n) is 3.18. The lowest BCUT2D eigenvalue weighted by Gasteiger charge is -2.10. The molecule has 3 aromatic rings. The second-order valence-electron chi connectivity index (χ2n) is 4.66. The highest BCUT2D eigenvalue weighted by atomic mass is 79.9. The molecular weight excluding hydrogens is 338 g/mol. The Kier molecular flexibility index (Phi) is 3.84. The second-order valence-corrected chi connectivity index (χ2v) is 5.57. The summed E-state index contributed by atoms with van der Waals surface area (Å²) in [5.74, 6) is -1.24. The minimum Gasteiger partial charge on any atom is -0.376 e. The van der Waals surface area contributed by atoms with Crippen LogP contribution in [0.4, 0.5) is 14.5 Å². The quantitative estimate of drug-likeness (QED) is 0.728. The normalized spacial score (nSPS) is 10.8. The molecule has 1 aromatic heterocycles. The van der Waals surface area contributed by atoms with Crippen LogP contribution in [0.2, 0.25) is 0 Å². The number of benzene rings is 2. The predicted octanol–water partition coefficient (Wildman–Crippen LogP) is 4.89. The molecule has 0 saturated carbocycles. The molecule has 0 bridgehead atoms. The lowest BCUT2D eigenvalue weighted by Crippen LogP contribution is -2.04. The van der Waals surface area contributed by atoms with Gasteiger partial charge in [0, 0.05) is 28.8 Å². The van der Waals surface area contributed by atoms with E-state index in [0.717, 1.165) is 16.3 Å². The van der Waals surface area contributed by atoms with Gasteiger partial charge in [-0.1, -0.05) is 28.1 Å². The molecule has 0 amide bonds. The molecule has 0 fully saturated rings. The van der Waals surface area contributed by atoms with Crippen LogP contribution in [0.15, 0.2) is 53.3 Å². The van der Waals surface area contributed by atoms with Crippen LogP contribution in [0.5, 0.6) is 0 Å². The third kappa shape index (κ3) is 3.03. The average Bonchev–Trinajstić information content (AvgIpc) is 2.46. The summed E-state index contributed by atoms with van der Waals surface area (Å²) in [4.78, 5) is 4.05. The third-order valence-corrected chi connectivity index (χ3v) is 3.64. The number of anilines is 1. The van der Waals surface area contributed by atoms with Gasteiger partial charge in [-0.15, -0.1) is 0 Å². The summed E-state index contributed by atoms with van der Waals surface area (Å²) in [6.45, 7) is 0.341. The molecular formula is C16H11BrF2N2. The van der Waals surface area contributed by atoms with Crippen molar-refractivity contribution in [1.29, 1.82) is 0 Å². The largest absolute Gasteiger partial charge is 0.376 e. The van der Waals surface area contributed by atoms with Gasteiger partial charge >= 0.3 is 0 Å². The zero-order valence-electron chi connectivity index (χ0n) is 10.9. The molecule has 0 spiro atoms. The monoisotopic (exact) mass is 348 g/mol. The Bertz CT molecular complexity index is 782. The Labute approximate surface area is 129 Å². The molecule has 0 atom stereocenters. The van der Waals surface area contributed by atoms with Crippen molar-refractivity contribution < 1.29 is 8.78 Å². The number of rotatable bonds is 3. The van der Waals surface area contributed by atoms with E-state index >= 15 is 0 Å². The lowest BCUT2D eigenvalue weighted by atomic mass is 10.1. The van der Waals surface area contributed by atoms with Crippen LogP contribution < -0.4 is 5.32 Å². The van der Waals surface area contributed by atoms with Gasteiger partial charge in [-0.05, 0) is 35.2 Å². The van der Waals surface area contributed by atoms with Gasteiger partial charge in [0.05, 0.1) is 0 Å². The topological polar surface area (TPSA) is 24.9 Å². The van der Waals surface area contributed by atoms with Crippen molar-refractivity contribution in [3.8, 4) is 0 Å². The lowest BCUT2D eigenvalue weighted by molar-refractivity contribution is 0.586. The van der Waals surface area contributed by atoms with Crippen LogP contribution in [-0.4, -0.2) is 4.98 Å². The first kappa shape index (κ1) is 13.9. The van der Waals surface area contributed by atoms with Crippen molar-refractivity contribution in [2.45, 2.75) is 6.54 Å². The minimum absolute atomic E-state index is 0.118. The predicted molar refractivity (Wildman–Crippen MR) is 83.1 cm³/mol. The molecule has 106 valence electrons. The number of halogens is 3. The standard InChI is InChI=1S/C16H11BrF2N2/c17-13-6-14(18)16(15(19)7-13)21-8-10-1-2-12-9-20-4-3-11(12)5-10/h1-7,9,21H,8H2. The van der Waals surface area contributed by atoms with E-state index < -0.39 is 11.6 Å². The Hall–Kier alpha value is -2.01. The van der Waals surface area contributed by atoms with Crippen LogP contribution >= 0.6 is 15.9 Å². The smallest absolute Gasteiger partial charge is 0.150 e. The fourth-order valence-corrected chi connectivity index (χ4v) is 2.55. The second kappa shape index (κ2) is 5.77. The van der Waals surface area contributed by atoms with E-state index in [9.17, 15) is 8.78 Å². The maximum Gasteiger partial charge on any atom is 0.150 e. The molecule has 0 saturated heterocycles. The van der Waals surface area contributed by atoms with Crippen molar-refractivity contribution in [1.82, 2.24) is 4.98 Å². The molecule has 2 aromatic carbocycles. The Morgan fingerprint density at radius 1 is 1.00 bits per heavy atom. The summed E-state index contributed by atoms with van der Waals surface area (Å²) >= 11 is 3.06. The van der Waals surface area contributed by atoms with E-state index in [1.54, 1.807) is 12.4 Å². The number of pyridine rings is 1. The average molecular weight is 349 g/mol. The maximum absolute atomic E-state index is 13.7. The van der Waals surface area contributed by atoms with Crippen LogP contribution in [-0.2, 0) is 6.54 Å². The van der Waals surface area contributed by atoms with Crippen LogP contribution in [0.1, 0.15) is 5.56 Å². The molecule has 5 heteroatoms. The van der Waals surface area contributed by atoms with Gasteiger partial charge in [0.1, 0.15) is 17.3 Å². The molecule has 21 heavy (non-hydrogen) atoms. The first-order valence-electron chi connectivity index (χ1n) is 6.34. The molecule has 0 aliphatic carbocycles. The molecule has 3 rings (SSSR count). The summed E-state index contributed by atoms with van der Waals surface area (Å²) < 4.78 is 27.8.